The van der Waals surface area contributed by atoms with E-state index in [-0.39, 0.29) is 10.5 Å². The van der Waals surface area contributed by atoms with E-state index in [1.165, 1.54) is 5.56 Å². The molecule has 0 radical (unpaired) electrons. The second-order valence-corrected chi connectivity index (χ2v) is 16.9. The number of benzene rings is 2. The second kappa shape index (κ2) is 10.3. The van der Waals surface area contributed by atoms with Crippen LogP contribution in [0.25, 0.3) is 0 Å². The number of amides is 1. The van der Waals surface area contributed by atoms with E-state index in [4.69, 9.17) is 4.74 Å². The van der Waals surface area contributed by atoms with Gasteiger partial charge in [-0.25, -0.2) is 0 Å². The molecule has 1 saturated carbocycles. The molecule has 0 unspecified atom stereocenters. The highest BCUT2D eigenvalue weighted by Gasteiger charge is 2.48. The highest BCUT2D eigenvalue weighted by Crippen LogP contribution is 2.49. The van der Waals surface area contributed by atoms with Gasteiger partial charge < -0.3 is 14.4 Å². The van der Waals surface area contributed by atoms with Crippen LogP contribution in [0.15, 0.2) is 54.6 Å². The van der Waals surface area contributed by atoms with Crippen LogP contribution in [-0.4, -0.2) is 44.1 Å². The van der Waals surface area contributed by atoms with Crippen LogP contribution >= 0.6 is 0 Å². The molecule has 1 aliphatic carbocycles. The van der Waals surface area contributed by atoms with Crippen LogP contribution in [0, 0.1) is 0 Å². The predicted octanol–water partition coefficient (Wildman–Crippen LogP) is 6.83. The van der Waals surface area contributed by atoms with Crippen molar-refractivity contribution < 1.29 is 14.3 Å². The lowest BCUT2D eigenvalue weighted by Crippen LogP contribution is -2.52. The van der Waals surface area contributed by atoms with Crippen LogP contribution in [0.1, 0.15) is 76.3 Å². The van der Waals surface area contributed by atoms with Gasteiger partial charge in [-0.1, -0.05) is 69.2 Å². The Bertz CT molecular complexity index is 1010. The lowest BCUT2D eigenvalue weighted by atomic mass is 9.68. The maximum Gasteiger partial charge on any atom is 0.233 e. The van der Waals surface area contributed by atoms with Crippen LogP contribution in [0.2, 0.25) is 18.1 Å². The van der Waals surface area contributed by atoms with Crippen molar-refractivity contribution in [1.82, 2.24) is 4.90 Å². The average molecular weight is 508 g/mol. The molecule has 196 valence electrons. The quantitative estimate of drug-likeness (QED) is 0.399. The summed E-state index contributed by atoms with van der Waals surface area (Å²) in [4.78, 5) is 27.2. The molecule has 0 bridgehead atoms. The SMILES string of the molecule is COc1ccc(C2(C(=O)N3CCC(CCC(C)(C)[Si](C)(C)O)(c4ccccc4)CC3)CCCC2)cc1. The van der Waals surface area contributed by atoms with E-state index in [0.29, 0.717) is 5.91 Å². The van der Waals surface area contributed by atoms with Gasteiger partial charge in [0, 0.05) is 13.1 Å². The van der Waals surface area contributed by atoms with E-state index in [1.54, 1.807) is 7.11 Å². The van der Waals surface area contributed by atoms with Gasteiger partial charge >= 0.3 is 0 Å². The molecule has 2 fully saturated rings. The number of carbonyl (C=O) groups is 1. The van der Waals surface area contributed by atoms with Crippen molar-refractivity contribution in [3.63, 3.8) is 0 Å². The van der Waals surface area contributed by atoms with Gasteiger partial charge in [0.25, 0.3) is 0 Å². The summed E-state index contributed by atoms with van der Waals surface area (Å²) in [7, 11) is -0.597. The Morgan fingerprint density at radius 1 is 0.944 bits per heavy atom. The molecule has 36 heavy (non-hydrogen) atoms. The van der Waals surface area contributed by atoms with Gasteiger partial charge in [0.2, 0.25) is 5.91 Å². The van der Waals surface area contributed by atoms with Crippen LogP contribution in [0.4, 0.5) is 0 Å². The van der Waals surface area contributed by atoms with Crippen LogP contribution in [-0.2, 0) is 15.6 Å². The Balaban J connectivity index is 1.55. The number of ether oxygens (including phenoxy) is 1. The first-order valence-corrected chi connectivity index (χ1v) is 16.7. The van der Waals surface area contributed by atoms with Crippen LogP contribution in [0.3, 0.4) is 0 Å². The number of carbonyl (C=O) groups excluding carboxylic acids is 1. The number of methoxy groups -OCH3 is 1. The zero-order valence-corrected chi connectivity index (χ0v) is 24.0. The predicted molar refractivity (Wildman–Crippen MR) is 150 cm³/mol. The molecule has 1 saturated heterocycles. The zero-order chi connectivity index (χ0) is 26.0. The van der Waals surface area contributed by atoms with Crippen molar-refractivity contribution in [2.24, 2.45) is 0 Å². The molecular weight excluding hydrogens is 462 g/mol. The average Bonchev–Trinajstić information content (AvgIpc) is 3.39. The molecule has 0 atom stereocenters. The summed E-state index contributed by atoms with van der Waals surface area (Å²) in [6.45, 7) is 10.2. The fourth-order valence-electron chi connectivity index (χ4n) is 6.29. The highest BCUT2D eigenvalue weighted by molar-refractivity contribution is 6.72. The van der Waals surface area contributed by atoms with Gasteiger partial charge in [-0.3, -0.25) is 4.79 Å². The fraction of sp³-hybridized carbons (Fsp3) is 0.581. The number of hydrogen-bond donors (Lipinski definition) is 1. The van der Waals surface area contributed by atoms with Crippen molar-refractivity contribution in [3.8, 4) is 5.75 Å². The Kier molecular flexibility index (Phi) is 7.73. The maximum absolute atomic E-state index is 14.1. The van der Waals surface area contributed by atoms with Gasteiger partial charge in [-0.05, 0) is 85.3 Å². The summed E-state index contributed by atoms with van der Waals surface area (Å²) in [6.07, 6.45) is 8.08. The first-order chi connectivity index (χ1) is 17.0. The van der Waals surface area contributed by atoms with Crippen molar-refractivity contribution in [1.29, 1.82) is 0 Å². The molecule has 4 nitrogen and oxygen atoms in total. The van der Waals surface area contributed by atoms with E-state index >= 15 is 0 Å². The summed E-state index contributed by atoms with van der Waals surface area (Å²) in [5, 5.41) is -0.0516. The zero-order valence-electron chi connectivity index (χ0n) is 23.0. The number of hydrogen-bond acceptors (Lipinski definition) is 3. The van der Waals surface area contributed by atoms with Crippen molar-refractivity contribution in [2.75, 3.05) is 20.2 Å². The monoisotopic (exact) mass is 507 g/mol. The third-order valence-electron chi connectivity index (χ3n) is 9.79. The third-order valence-corrected chi connectivity index (χ3v) is 13.4. The molecule has 2 aromatic carbocycles. The molecule has 0 spiro atoms. The molecular formula is C31H45NO3Si. The summed E-state index contributed by atoms with van der Waals surface area (Å²) in [5.41, 5.74) is 2.18. The first-order valence-electron chi connectivity index (χ1n) is 13.7. The van der Waals surface area contributed by atoms with Gasteiger partial charge in [-0.15, -0.1) is 0 Å². The minimum absolute atomic E-state index is 0.0516. The van der Waals surface area contributed by atoms with E-state index in [9.17, 15) is 9.59 Å². The lowest BCUT2D eigenvalue weighted by molar-refractivity contribution is -0.139. The molecule has 1 amide bonds. The molecule has 1 aliphatic heterocycles. The molecule has 2 aliphatic rings. The number of rotatable bonds is 8. The summed E-state index contributed by atoms with van der Waals surface area (Å²) >= 11 is 0. The lowest BCUT2D eigenvalue weighted by Gasteiger charge is -2.47. The van der Waals surface area contributed by atoms with E-state index < -0.39 is 13.7 Å². The van der Waals surface area contributed by atoms with E-state index in [2.05, 4.69) is 74.3 Å². The minimum Gasteiger partial charge on any atom is -0.497 e. The molecule has 0 aromatic heterocycles. The Morgan fingerprint density at radius 2 is 1.53 bits per heavy atom. The number of nitrogens with zero attached hydrogens (tertiary/aromatic N) is 1. The number of likely N-dealkylation sites (tertiary alicyclic amines) is 1. The second-order valence-electron chi connectivity index (χ2n) is 12.4. The minimum atomic E-state index is -2.28. The highest BCUT2D eigenvalue weighted by atomic mass is 28.4. The standard InChI is InChI=1S/C31H45NO3Si/c1-29(2,36(4,5)34)19-20-30(25-11-7-6-8-12-25)21-23-32(24-22-30)28(33)31(17-9-10-18-31)26-13-15-27(35-3)16-14-26/h6-8,11-16,34H,9-10,17-24H2,1-5H3. The third kappa shape index (κ3) is 5.15. The molecule has 4 rings (SSSR count). The summed E-state index contributed by atoms with van der Waals surface area (Å²) < 4.78 is 5.37. The van der Waals surface area contributed by atoms with Crippen LogP contribution < -0.4 is 4.74 Å². The Labute approximate surface area is 219 Å². The van der Waals surface area contributed by atoms with Crippen LogP contribution in [0.5, 0.6) is 5.75 Å². The Hall–Kier alpha value is -2.11. The van der Waals surface area contributed by atoms with Gasteiger partial charge in [0.1, 0.15) is 5.75 Å². The van der Waals surface area contributed by atoms with Crippen molar-refractivity contribution in [2.45, 2.75) is 94.2 Å². The smallest absolute Gasteiger partial charge is 0.233 e. The first kappa shape index (κ1) is 26.9. The summed E-state index contributed by atoms with van der Waals surface area (Å²) in [5.74, 6) is 1.15. The normalized spacial score (nSPS) is 19.8. The Morgan fingerprint density at radius 3 is 2.06 bits per heavy atom. The van der Waals surface area contributed by atoms with Crippen molar-refractivity contribution >= 4 is 14.2 Å². The maximum atomic E-state index is 14.1. The molecule has 1 N–H and O–H groups in total. The van der Waals surface area contributed by atoms with Gasteiger partial charge in [0.05, 0.1) is 12.5 Å². The van der Waals surface area contributed by atoms with E-state index in [0.717, 1.165) is 75.8 Å². The molecule has 5 heteroatoms. The van der Waals surface area contributed by atoms with Gasteiger partial charge in [-0.2, -0.15) is 0 Å². The van der Waals surface area contributed by atoms with E-state index in [1.807, 2.05) is 12.1 Å². The molecule has 2 aromatic rings. The van der Waals surface area contributed by atoms with Crippen molar-refractivity contribution in [3.05, 3.63) is 65.7 Å². The van der Waals surface area contributed by atoms with Gasteiger partial charge in [0.15, 0.2) is 8.32 Å². The topological polar surface area (TPSA) is 49.8 Å². The molecule has 1 heterocycles. The summed E-state index contributed by atoms with van der Waals surface area (Å²) in [6, 6.07) is 19.1. The largest absolute Gasteiger partial charge is 0.497 e. The number of piperidine rings is 1. The fourth-order valence-corrected chi connectivity index (χ4v) is 7.02.